The SMILES string of the molecule is Cc1ccc(Nc2ccc(C)c3c2C(=O)c2ccccc2C3=O)cc1. The van der Waals surface area contributed by atoms with Crippen molar-refractivity contribution in [3.8, 4) is 0 Å². The average molecular weight is 327 g/mol. The molecule has 0 amide bonds. The van der Waals surface area contributed by atoms with Gasteiger partial charge >= 0.3 is 0 Å². The predicted octanol–water partition coefficient (Wildman–Crippen LogP) is 4.82. The molecule has 122 valence electrons. The fourth-order valence-corrected chi connectivity index (χ4v) is 3.28. The van der Waals surface area contributed by atoms with Crippen LogP contribution >= 0.6 is 0 Å². The summed E-state index contributed by atoms with van der Waals surface area (Å²) in [4.78, 5) is 26.0. The summed E-state index contributed by atoms with van der Waals surface area (Å²) < 4.78 is 0. The lowest BCUT2D eigenvalue weighted by molar-refractivity contribution is 0.0979. The molecular formula is C22H17NO2. The number of benzene rings is 3. The van der Waals surface area contributed by atoms with Crippen molar-refractivity contribution in [1.29, 1.82) is 0 Å². The van der Waals surface area contributed by atoms with Crippen molar-refractivity contribution in [1.82, 2.24) is 0 Å². The Balaban J connectivity index is 1.88. The zero-order valence-corrected chi connectivity index (χ0v) is 14.1. The molecule has 3 aromatic carbocycles. The van der Waals surface area contributed by atoms with Gasteiger partial charge in [0.2, 0.25) is 0 Å². The van der Waals surface area contributed by atoms with Crippen molar-refractivity contribution in [2.45, 2.75) is 13.8 Å². The monoisotopic (exact) mass is 327 g/mol. The van der Waals surface area contributed by atoms with Crippen LogP contribution in [-0.4, -0.2) is 11.6 Å². The van der Waals surface area contributed by atoms with Gasteiger partial charge in [-0.25, -0.2) is 0 Å². The average Bonchev–Trinajstić information content (AvgIpc) is 2.63. The quantitative estimate of drug-likeness (QED) is 0.574. The Morgan fingerprint density at radius 2 is 1.28 bits per heavy atom. The van der Waals surface area contributed by atoms with Crippen LogP contribution in [0.5, 0.6) is 0 Å². The van der Waals surface area contributed by atoms with E-state index in [4.69, 9.17) is 0 Å². The first kappa shape index (κ1) is 15.3. The Hall–Kier alpha value is -3.20. The molecule has 1 aliphatic carbocycles. The molecule has 0 saturated carbocycles. The number of aryl methyl sites for hydroxylation is 2. The summed E-state index contributed by atoms with van der Waals surface area (Å²) in [6.07, 6.45) is 0. The van der Waals surface area contributed by atoms with Crippen LogP contribution in [0.15, 0.2) is 60.7 Å². The minimum Gasteiger partial charge on any atom is -0.355 e. The van der Waals surface area contributed by atoms with Crippen molar-refractivity contribution < 1.29 is 9.59 Å². The highest BCUT2D eigenvalue weighted by molar-refractivity contribution is 6.30. The third-order valence-corrected chi connectivity index (χ3v) is 4.61. The van der Waals surface area contributed by atoms with Gasteiger partial charge in [-0.1, -0.05) is 48.0 Å². The van der Waals surface area contributed by atoms with Gasteiger partial charge in [-0.2, -0.15) is 0 Å². The van der Waals surface area contributed by atoms with E-state index in [-0.39, 0.29) is 11.6 Å². The topological polar surface area (TPSA) is 46.2 Å². The second kappa shape index (κ2) is 5.71. The van der Waals surface area contributed by atoms with Gasteiger partial charge in [0.15, 0.2) is 11.6 Å². The fourth-order valence-electron chi connectivity index (χ4n) is 3.28. The van der Waals surface area contributed by atoms with Crippen LogP contribution in [0.2, 0.25) is 0 Å². The second-order valence-corrected chi connectivity index (χ2v) is 6.37. The maximum absolute atomic E-state index is 13.1. The molecule has 0 aliphatic heterocycles. The second-order valence-electron chi connectivity index (χ2n) is 6.37. The number of hydrogen-bond acceptors (Lipinski definition) is 3. The van der Waals surface area contributed by atoms with Crippen LogP contribution in [0.1, 0.15) is 43.0 Å². The molecule has 0 radical (unpaired) electrons. The normalized spacial score (nSPS) is 12.6. The van der Waals surface area contributed by atoms with Crippen LogP contribution in [0.4, 0.5) is 11.4 Å². The Morgan fingerprint density at radius 3 is 1.92 bits per heavy atom. The molecule has 0 aromatic heterocycles. The highest BCUT2D eigenvalue weighted by Crippen LogP contribution is 2.35. The van der Waals surface area contributed by atoms with Crippen molar-refractivity contribution in [2.75, 3.05) is 5.32 Å². The van der Waals surface area contributed by atoms with E-state index in [2.05, 4.69) is 5.32 Å². The van der Waals surface area contributed by atoms with Gasteiger partial charge < -0.3 is 5.32 Å². The Kier molecular flexibility index (Phi) is 3.50. The van der Waals surface area contributed by atoms with E-state index >= 15 is 0 Å². The third-order valence-electron chi connectivity index (χ3n) is 4.61. The number of rotatable bonds is 2. The highest BCUT2D eigenvalue weighted by atomic mass is 16.1. The first-order valence-electron chi connectivity index (χ1n) is 8.22. The minimum atomic E-state index is -0.108. The first-order chi connectivity index (χ1) is 12.1. The van der Waals surface area contributed by atoms with Crippen LogP contribution in [0.3, 0.4) is 0 Å². The van der Waals surface area contributed by atoms with E-state index in [1.807, 2.05) is 50.2 Å². The van der Waals surface area contributed by atoms with Gasteiger partial charge in [0.05, 0.1) is 11.3 Å². The molecule has 0 fully saturated rings. The molecule has 3 nitrogen and oxygen atoms in total. The molecule has 0 bridgehead atoms. The van der Waals surface area contributed by atoms with E-state index < -0.39 is 0 Å². The van der Waals surface area contributed by atoms with Gasteiger partial charge in [0.25, 0.3) is 0 Å². The zero-order chi connectivity index (χ0) is 17.6. The molecule has 0 spiro atoms. The summed E-state index contributed by atoms with van der Waals surface area (Å²) in [7, 11) is 0. The number of ketones is 2. The summed E-state index contributed by atoms with van der Waals surface area (Å²) in [6, 6.07) is 18.7. The minimum absolute atomic E-state index is 0.0877. The van der Waals surface area contributed by atoms with Crippen molar-refractivity contribution >= 4 is 22.9 Å². The molecule has 25 heavy (non-hydrogen) atoms. The third kappa shape index (κ3) is 2.45. The van der Waals surface area contributed by atoms with Crippen LogP contribution in [-0.2, 0) is 0 Å². The summed E-state index contributed by atoms with van der Waals surface area (Å²) in [5.74, 6) is -0.196. The molecule has 4 rings (SSSR count). The lowest BCUT2D eigenvalue weighted by Gasteiger charge is -2.22. The molecule has 0 unspecified atom stereocenters. The Bertz CT molecular complexity index is 1020. The van der Waals surface area contributed by atoms with Gasteiger partial charge in [-0.05, 0) is 37.6 Å². The lowest BCUT2D eigenvalue weighted by Crippen LogP contribution is -2.23. The van der Waals surface area contributed by atoms with E-state index in [1.54, 1.807) is 24.3 Å². The van der Waals surface area contributed by atoms with Crippen molar-refractivity contribution in [3.05, 3.63) is 94.0 Å². The molecule has 1 aliphatic rings. The zero-order valence-electron chi connectivity index (χ0n) is 14.1. The standard InChI is InChI=1S/C22H17NO2/c1-13-7-10-15(11-8-13)23-18-12-9-14(2)19-20(18)22(25)17-6-4-3-5-16(17)21(19)24/h3-12,23H,1-2H3. The van der Waals surface area contributed by atoms with E-state index in [9.17, 15) is 9.59 Å². The predicted molar refractivity (Wildman–Crippen MR) is 98.9 cm³/mol. The number of carbonyl (C=O) groups excluding carboxylic acids is 2. The van der Waals surface area contributed by atoms with Crippen LogP contribution < -0.4 is 5.32 Å². The molecule has 1 N–H and O–H groups in total. The van der Waals surface area contributed by atoms with Gasteiger partial charge in [-0.3, -0.25) is 9.59 Å². The van der Waals surface area contributed by atoms with Crippen LogP contribution in [0.25, 0.3) is 0 Å². The van der Waals surface area contributed by atoms with E-state index in [0.29, 0.717) is 27.9 Å². The fraction of sp³-hybridized carbons (Fsp3) is 0.0909. The number of hydrogen-bond donors (Lipinski definition) is 1. The summed E-state index contributed by atoms with van der Waals surface area (Å²) in [5, 5.41) is 3.30. The number of nitrogens with one attached hydrogen (secondary N) is 1. The van der Waals surface area contributed by atoms with Gasteiger partial charge in [0.1, 0.15) is 0 Å². The van der Waals surface area contributed by atoms with Crippen LogP contribution in [0, 0.1) is 13.8 Å². The number of carbonyl (C=O) groups is 2. The molecule has 0 atom stereocenters. The smallest absolute Gasteiger partial charge is 0.196 e. The van der Waals surface area contributed by atoms with E-state index in [1.165, 1.54) is 0 Å². The lowest BCUT2D eigenvalue weighted by atomic mass is 9.81. The Morgan fingerprint density at radius 1 is 0.680 bits per heavy atom. The molecule has 0 heterocycles. The summed E-state index contributed by atoms with van der Waals surface area (Å²) in [6.45, 7) is 3.89. The van der Waals surface area contributed by atoms with Gasteiger partial charge in [0, 0.05) is 22.4 Å². The largest absolute Gasteiger partial charge is 0.355 e. The highest BCUT2D eigenvalue weighted by Gasteiger charge is 2.32. The molecule has 3 heteroatoms. The summed E-state index contributed by atoms with van der Waals surface area (Å²) in [5.41, 5.74) is 5.44. The van der Waals surface area contributed by atoms with Crippen molar-refractivity contribution in [2.24, 2.45) is 0 Å². The Labute approximate surface area is 146 Å². The summed E-state index contributed by atoms with van der Waals surface area (Å²) >= 11 is 0. The number of fused-ring (bicyclic) bond motifs is 2. The maximum atomic E-state index is 13.1. The molecule has 3 aromatic rings. The maximum Gasteiger partial charge on any atom is 0.196 e. The number of anilines is 2. The molecule has 0 saturated heterocycles. The molecular weight excluding hydrogens is 310 g/mol. The van der Waals surface area contributed by atoms with Gasteiger partial charge in [-0.15, -0.1) is 0 Å². The first-order valence-corrected chi connectivity index (χ1v) is 8.22. The van der Waals surface area contributed by atoms with E-state index in [0.717, 1.165) is 16.8 Å². The van der Waals surface area contributed by atoms with Crippen molar-refractivity contribution in [3.63, 3.8) is 0 Å².